The fraction of sp³-hybridized carbons (Fsp3) is 0.632. The molecule has 28 heavy (non-hydrogen) atoms. The minimum absolute atomic E-state index is 0.00169. The van der Waals surface area contributed by atoms with Gasteiger partial charge in [-0.25, -0.2) is 12.7 Å². The molecule has 158 valence electrons. The van der Waals surface area contributed by atoms with Crippen molar-refractivity contribution < 1.29 is 13.2 Å². The Balaban J connectivity index is 2.14. The maximum atomic E-state index is 13.2. The number of benzene rings is 1. The van der Waals surface area contributed by atoms with Crippen molar-refractivity contribution in [2.24, 2.45) is 5.92 Å². The molecule has 0 bridgehead atoms. The maximum absolute atomic E-state index is 13.2. The van der Waals surface area contributed by atoms with Gasteiger partial charge in [-0.1, -0.05) is 29.3 Å². The largest absolute Gasteiger partial charge is 0.338 e. The van der Waals surface area contributed by atoms with E-state index in [0.29, 0.717) is 42.5 Å². The van der Waals surface area contributed by atoms with Crippen LogP contribution in [-0.2, 0) is 21.4 Å². The molecule has 1 amide bonds. The van der Waals surface area contributed by atoms with E-state index < -0.39 is 10.0 Å². The Morgan fingerprint density at radius 3 is 2.54 bits per heavy atom. The third-order valence-electron chi connectivity index (χ3n) is 4.90. The first-order chi connectivity index (χ1) is 13.1. The van der Waals surface area contributed by atoms with Gasteiger partial charge in [-0.2, -0.15) is 0 Å². The average molecular weight is 450 g/mol. The topological polar surface area (TPSA) is 60.9 Å². The number of carbonyl (C=O) groups is 1. The first kappa shape index (κ1) is 23.4. The molecule has 2 rings (SSSR count). The minimum Gasteiger partial charge on any atom is -0.338 e. The van der Waals surface area contributed by atoms with Crippen molar-refractivity contribution in [1.29, 1.82) is 0 Å². The molecule has 6 nitrogen and oxygen atoms in total. The fourth-order valence-corrected chi connectivity index (χ4v) is 4.64. The summed E-state index contributed by atoms with van der Waals surface area (Å²) in [5.41, 5.74) is 0.906. The number of hydrogen-bond acceptors (Lipinski definition) is 4. The fourth-order valence-electron chi connectivity index (χ4n) is 3.41. The molecule has 0 aliphatic carbocycles. The second kappa shape index (κ2) is 10.3. The number of carbonyl (C=O) groups excluding carboxylic acids is 1. The van der Waals surface area contributed by atoms with E-state index in [9.17, 15) is 13.2 Å². The van der Waals surface area contributed by atoms with Crippen LogP contribution in [0.15, 0.2) is 18.2 Å². The molecule has 1 aromatic rings. The molecule has 1 unspecified atom stereocenters. The standard InChI is InChI=1S/C19H29Cl2N3O3S/c1-22(2)9-5-10-23(13-15-7-8-17(20)18(21)12-15)19(25)16-6-4-11-24(14-16)28(3,26)27/h7-8,12,16H,4-6,9-11,13-14H2,1-3H3. The molecule has 0 radical (unpaired) electrons. The van der Waals surface area contributed by atoms with Gasteiger partial charge in [0.1, 0.15) is 0 Å². The van der Waals surface area contributed by atoms with Crippen molar-refractivity contribution in [3.8, 4) is 0 Å². The van der Waals surface area contributed by atoms with Crippen molar-refractivity contribution in [2.75, 3.05) is 46.5 Å². The van der Waals surface area contributed by atoms with Crippen molar-refractivity contribution in [3.05, 3.63) is 33.8 Å². The zero-order valence-electron chi connectivity index (χ0n) is 16.7. The lowest BCUT2D eigenvalue weighted by molar-refractivity contribution is -0.137. The maximum Gasteiger partial charge on any atom is 0.227 e. The van der Waals surface area contributed by atoms with Gasteiger partial charge in [0.25, 0.3) is 0 Å². The van der Waals surface area contributed by atoms with E-state index in [1.807, 2.05) is 25.1 Å². The average Bonchev–Trinajstić information content (AvgIpc) is 2.62. The smallest absolute Gasteiger partial charge is 0.227 e. The number of sulfonamides is 1. The lowest BCUT2D eigenvalue weighted by Crippen LogP contribution is -2.46. The van der Waals surface area contributed by atoms with Crippen molar-refractivity contribution in [3.63, 3.8) is 0 Å². The first-order valence-corrected chi connectivity index (χ1v) is 12.0. The van der Waals surface area contributed by atoms with E-state index in [0.717, 1.165) is 18.5 Å². The Bertz CT molecular complexity index is 787. The molecule has 1 atom stereocenters. The summed E-state index contributed by atoms with van der Waals surface area (Å²) in [5, 5.41) is 0.938. The van der Waals surface area contributed by atoms with E-state index in [1.165, 1.54) is 10.6 Å². The van der Waals surface area contributed by atoms with Crippen LogP contribution in [0.5, 0.6) is 0 Å². The number of rotatable bonds is 8. The van der Waals surface area contributed by atoms with Gasteiger partial charge in [-0.05, 0) is 57.6 Å². The number of amides is 1. The molecule has 9 heteroatoms. The van der Waals surface area contributed by atoms with Crippen LogP contribution in [0, 0.1) is 5.92 Å². The molecule has 0 N–H and O–H groups in total. The summed E-state index contributed by atoms with van der Waals surface area (Å²) in [5.74, 6) is -0.316. The molecule has 1 fully saturated rings. The Hall–Kier alpha value is -0.860. The van der Waals surface area contributed by atoms with Gasteiger partial charge in [0.2, 0.25) is 15.9 Å². The van der Waals surface area contributed by atoms with E-state index >= 15 is 0 Å². The van der Waals surface area contributed by atoms with Crippen molar-refractivity contribution in [1.82, 2.24) is 14.1 Å². The second-order valence-electron chi connectivity index (χ2n) is 7.63. The number of hydrogen-bond donors (Lipinski definition) is 0. The van der Waals surface area contributed by atoms with Gasteiger partial charge in [-0.15, -0.1) is 0 Å². The predicted octanol–water partition coefficient (Wildman–Crippen LogP) is 2.95. The predicted molar refractivity (Wildman–Crippen MR) is 114 cm³/mol. The van der Waals surface area contributed by atoms with Crippen molar-refractivity contribution >= 4 is 39.1 Å². The van der Waals surface area contributed by atoms with E-state index in [2.05, 4.69) is 4.90 Å². The molecule has 1 heterocycles. The molecular weight excluding hydrogens is 421 g/mol. The summed E-state index contributed by atoms with van der Waals surface area (Å²) < 4.78 is 25.2. The van der Waals surface area contributed by atoms with Crippen LogP contribution < -0.4 is 0 Å². The van der Waals surface area contributed by atoms with Crippen LogP contribution in [0.1, 0.15) is 24.8 Å². The lowest BCUT2D eigenvalue weighted by atomic mass is 9.97. The van der Waals surface area contributed by atoms with Gasteiger partial charge >= 0.3 is 0 Å². The SMILES string of the molecule is CN(C)CCCN(Cc1ccc(Cl)c(Cl)c1)C(=O)C1CCCN(S(C)(=O)=O)C1. The van der Waals surface area contributed by atoms with Crippen LogP contribution in [0.2, 0.25) is 10.0 Å². The minimum atomic E-state index is -3.29. The molecule has 0 spiro atoms. The highest BCUT2D eigenvalue weighted by Gasteiger charge is 2.32. The zero-order chi connectivity index (χ0) is 20.9. The van der Waals surface area contributed by atoms with Crippen LogP contribution in [-0.4, -0.2) is 75.0 Å². The Kier molecular flexibility index (Phi) is 8.58. The van der Waals surface area contributed by atoms with Gasteiger partial charge in [0, 0.05) is 26.2 Å². The quantitative estimate of drug-likeness (QED) is 0.611. The molecule has 1 aliphatic rings. The monoisotopic (exact) mass is 449 g/mol. The van der Waals surface area contributed by atoms with Crippen LogP contribution in [0.4, 0.5) is 0 Å². The second-order valence-corrected chi connectivity index (χ2v) is 10.4. The first-order valence-electron chi connectivity index (χ1n) is 9.40. The summed E-state index contributed by atoms with van der Waals surface area (Å²) in [6.45, 7) is 2.63. The van der Waals surface area contributed by atoms with Crippen LogP contribution in [0.25, 0.3) is 0 Å². The Morgan fingerprint density at radius 2 is 1.93 bits per heavy atom. The third-order valence-corrected chi connectivity index (χ3v) is 6.91. The van der Waals surface area contributed by atoms with Gasteiger partial charge < -0.3 is 9.80 Å². The Labute approximate surface area is 178 Å². The number of halogens is 2. The number of piperidine rings is 1. The highest BCUT2D eigenvalue weighted by molar-refractivity contribution is 7.88. The molecule has 1 saturated heterocycles. The normalized spacial score (nSPS) is 18.4. The summed E-state index contributed by atoms with van der Waals surface area (Å²) in [6, 6.07) is 5.37. The molecule has 1 aromatic carbocycles. The molecule has 0 aromatic heterocycles. The highest BCUT2D eigenvalue weighted by Crippen LogP contribution is 2.25. The Morgan fingerprint density at radius 1 is 1.21 bits per heavy atom. The number of nitrogens with zero attached hydrogens (tertiary/aromatic N) is 3. The third kappa shape index (κ3) is 6.88. The molecule has 1 aliphatic heterocycles. The summed E-state index contributed by atoms with van der Waals surface area (Å²) in [4.78, 5) is 17.1. The molecule has 0 saturated carbocycles. The van der Waals surface area contributed by atoms with E-state index in [-0.39, 0.29) is 18.4 Å². The molecular formula is C19H29Cl2N3O3S. The van der Waals surface area contributed by atoms with Gasteiger partial charge in [0.15, 0.2) is 0 Å². The summed E-state index contributed by atoms with van der Waals surface area (Å²) in [7, 11) is 0.701. The van der Waals surface area contributed by atoms with Crippen LogP contribution >= 0.6 is 23.2 Å². The highest BCUT2D eigenvalue weighted by atomic mass is 35.5. The van der Waals surface area contributed by atoms with Crippen LogP contribution in [0.3, 0.4) is 0 Å². The zero-order valence-corrected chi connectivity index (χ0v) is 19.0. The lowest BCUT2D eigenvalue weighted by Gasteiger charge is -2.34. The summed E-state index contributed by atoms with van der Waals surface area (Å²) >= 11 is 12.1. The van der Waals surface area contributed by atoms with Gasteiger partial charge in [-0.3, -0.25) is 4.79 Å². The van der Waals surface area contributed by atoms with Gasteiger partial charge in [0.05, 0.1) is 22.2 Å². The summed E-state index contributed by atoms with van der Waals surface area (Å²) in [6.07, 6.45) is 3.44. The van der Waals surface area contributed by atoms with E-state index in [4.69, 9.17) is 23.2 Å². The van der Waals surface area contributed by atoms with Crippen molar-refractivity contribution in [2.45, 2.75) is 25.8 Å². The van der Waals surface area contributed by atoms with E-state index in [1.54, 1.807) is 12.1 Å².